The number of rotatable bonds is 14. The molecule has 0 radical (unpaired) electrons. The maximum Gasteiger partial charge on any atom is 0.133 e. The van der Waals surface area contributed by atoms with E-state index in [0.29, 0.717) is 19.8 Å². The molecule has 1 aromatic rings. The van der Waals surface area contributed by atoms with E-state index in [1.54, 1.807) is 0 Å². The molecule has 1 N–H and O–H groups in total. The van der Waals surface area contributed by atoms with Crippen LogP contribution in [0.25, 0.3) is 0 Å². The summed E-state index contributed by atoms with van der Waals surface area (Å²) >= 11 is 3.58. The SMILES string of the molecule is CCCCCCCCCc1ccc(OCCOCCO)c(Br)c1. The van der Waals surface area contributed by atoms with Gasteiger partial charge in [-0.2, -0.15) is 0 Å². The molecule has 0 amide bonds. The summed E-state index contributed by atoms with van der Waals surface area (Å²) in [6.07, 6.45) is 10.5. The third kappa shape index (κ3) is 10.0. The number of aryl methyl sites for hydroxylation is 1. The van der Waals surface area contributed by atoms with Crippen molar-refractivity contribution >= 4 is 15.9 Å². The third-order valence-electron chi connectivity index (χ3n) is 3.79. The molecule has 0 saturated heterocycles. The Morgan fingerprint density at radius 1 is 0.957 bits per heavy atom. The summed E-state index contributed by atoms with van der Waals surface area (Å²) in [5.41, 5.74) is 1.36. The summed E-state index contributed by atoms with van der Waals surface area (Å²) in [4.78, 5) is 0. The van der Waals surface area contributed by atoms with Crippen LogP contribution in [0, 0.1) is 0 Å². The predicted molar refractivity (Wildman–Crippen MR) is 99.2 cm³/mol. The molecular weight excluding hydrogens is 356 g/mol. The van der Waals surface area contributed by atoms with Crippen LogP contribution >= 0.6 is 15.9 Å². The van der Waals surface area contributed by atoms with Gasteiger partial charge in [-0.15, -0.1) is 0 Å². The molecule has 132 valence electrons. The van der Waals surface area contributed by atoms with Crippen LogP contribution in [0.3, 0.4) is 0 Å². The van der Waals surface area contributed by atoms with Crippen LogP contribution in [0.2, 0.25) is 0 Å². The van der Waals surface area contributed by atoms with Crippen LogP contribution in [0.5, 0.6) is 5.75 Å². The Kier molecular flexibility index (Phi) is 12.3. The molecule has 0 heterocycles. The van der Waals surface area contributed by atoms with Crippen LogP contribution in [-0.2, 0) is 11.2 Å². The lowest BCUT2D eigenvalue weighted by Gasteiger charge is -2.10. The minimum Gasteiger partial charge on any atom is -0.490 e. The van der Waals surface area contributed by atoms with E-state index < -0.39 is 0 Å². The van der Waals surface area contributed by atoms with Gasteiger partial charge in [-0.3, -0.25) is 0 Å². The first-order chi connectivity index (χ1) is 11.3. The van der Waals surface area contributed by atoms with Gasteiger partial charge in [0.2, 0.25) is 0 Å². The number of benzene rings is 1. The van der Waals surface area contributed by atoms with Gasteiger partial charge >= 0.3 is 0 Å². The Bertz CT molecular complexity index is 410. The summed E-state index contributed by atoms with van der Waals surface area (Å²) in [5, 5.41) is 8.63. The molecule has 0 aliphatic carbocycles. The molecule has 4 heteroatoms. The van der Waals surface area contributed by atoms with Crippen molar-refractivity contribution in [3.63, 3.8) is 0 Å². The first-order valence-corrected chi connectivity index (χ1v) is 9.67. The summed E-state index contributed by atoms with van der Waals surface area (Å²) in [5.74, 6) is 0.848. The Balaban J connectivity index is 2.19. The van der Waals surface area contributed by atoms with Gasteiger partial charge in [0, 0.05) is 0 Å². The molecule has 0 spiro atoms. The number of aliphatic hydroxyl groups excluding tert-OH is 1. The highest BCUT2D eigenvalue weighted by molar-refractivity contribution is 9.10. The normalized spacial score (nSPS) is 10.9. The fraction of sp³-hybridized carbons (Fsp3) is 0.684. The molecular formula is C19H31BrO3. The highest BCUT2D eigenvalue weighted by Gasteiger charge is 2.03. The van der Waals surface area contributed by atoms with Gasteiger partial charge in [-0.25, -0.2) is 0 Å². The lowest BCUT2D eigenvalue weighted by molar-refractivity contribution is 0.0703. The van der Waals surface area contributed by atoms with Crippen molar-refractivity contribution in [2.24, 2.45) is 0 Å². The lowest BCUT2D eigenvalue weighted by Crippen LogP contribution is -2.09. The van der Waals surface area contributed by atoms with E-state index in [1.165, 1.54) is 50.5 Å². The molecule has 0 saturated carbocycles. The number of aliphatic hydroxyl groups is 1. The molecule has 0 bridgehead atoms. The minimum absolute atomic E-state index is 0.0526. The van der Waals surface area contributed by atoms with E-state index in [1.807, 2.05) is 6.07 Å². The molecule has 0 fully saturated rings. The van der Waals surface area contributed by atoms with Gasteiger partial charge in [0.25, 0.3) is 0 Å². The summed E-state index contributed by atoms with van der Waals surface area (Å²) in [6, 6.07) is 6.32. The summed E-state index contributed by atoms with van der Waals surface area (Å²) in [7, 11) is 0. The zero-order valence-corrected chi connectivity index (χ0v) is 15.9. The molecule has 1 rings (SSSR count). The zero-order valence-electron chi connectivity index (χ0n) is 14.4. The Morgan fingerprint density at radius 2 is 1.70 bits per heavy atom. The number of unbranched alkanes of at least 4 members (excludes halogenated alkanes) is 6. The third-order valence-corrected chi connectivity index (χ3v) is 4.41. The number of hydrogen-bond donors (Lipinski definition) is 1. The highest BCUT2D eigenvalue weighted by Crippen LogP contribution is 2.26. The maximum absolute atomic E-state index is 8.63. The van der Waals surface area contributed by atoms with Gasteiger partial charge in [0.05, 0.1) is 24.3 Å². The van der Waals surface area contributed by atoms with Gasteiger partial charge in [-0.1, -0.05) is 51.5 Å². The molecule has 1 aromatic carbocycles. The smallest absolute Gasteiger partial charge is 0.133 e. The molecule has 0 atom stereocenters. The van der Waals surface area contributed by atoms with Crippen molar-refractivity contribution in [3.8, 4) is 5.75 Å². The van der Waals surface area contributed by atoms with Crippen LogP contribution in [0.4, 0.5) is 0 Å². The zero-order chi connectivity index (χ0) is 16.8. The second kappa shape index (κ2) is 13.8. The van der Waals surface area contributed by atoms with E-state index in [9.17, 15) is 0 Å². The van der Waals surface area contributed by atoms with E-state index in [0.717, 1.165) is 16.6 Å². The number of ether oxygens (including phenoxy) is 2. The quantitative estimate of drug-likeness (QED) is 0.450. The van der Waals surface area contributed by atoms with Crippen LogP contribution in [0.15, 0.2) is 22.7 Å². The topological polar surface area (TPSA) is 38.7 Å². The van der Waals surface area contributed by atoms with E-state index in [-0.39, 0.29) is 6.61 Å². The predicted octanol–water partition coefficient (Wildman–Crippen LogP) is 5.13. The molecule has 3 nitrogen and oxygen atoms in total. The number of hydrogen-bond acceptors (Lipinski definition) is 3. The molecule has 0 unspecified atom stereocenters. The first-order valence-electron chi connectivity index (χ1n) is 8.87. The molecule has 0 aliphatic heterocycles. The average Bonchev–Trinajstić information content (AvgIpc) is 2.55. The summed E-state index contributed by atoms with van der Waals surface area (Å²) in [6.45, 7) is 3.66. The second-order valence-corrected chi connectivity index (χ2v) is 6.67. The Morgan fingerprint density at radius 3 is 2.39 bits per heavy atom. The van der Waals surface area contributed by atoms with Gasteiger partial charge in [0.1, 0.15) is 12.4 Å². The number of halogens is 1. The van der Waals surface area contributed by atoms with E-state index >= 15 is 0 Å². The van der Waals surface area contributed by atoms with Crippen molar-refractivity contribution in [2.75, 3.05) is 26.4 Å². The fourth-order valence-electron chi connectivity index (χ4n) is 2.48. The molecule has 0 aromatic heterocycles. The monoisotopic (exact) mass is 386 g/mol. The van der Waals surface area contributed by atoms with Crippen LogP contribution < -0.4 is 4.74 Å². The van der Waals surface area contributed by atoms with Crippen molar-refractivity contribution in [2.45, 2.75) is 58.3 Å². The van der Waals surface area contributed by atoms with Crippen LogP contribution in [0.1, 0.15) is 57.4 Å². The Hall–Kier alpha value is -0.580. The second-order valence-electron chi connectivity index (χ2n) is 5.82. The largest absolute Gasteiger partial charge is 0.490 e. The fourth-order valence-corrected chi connectivity index (χ4v) is 3.02. The minimum atomic E-state index is 0.0526. The highest BCUT2D eigenvalue weighted by atomic mass is 79.9. The van der Waals surface area contributed by atoms with E-state index in [4.69, 9.17) is 14.6 Å². The maximum atomic E-state index is 8.63. The summed E-state index contributed by atoms with van der Waals surface area (Å²) < 4.78 is 11.8. The molecule has 23 heavy (non-hydrogen) atoms. The molecule has 0 aliphatic rings. The van der Waals surface area contributed by atoms with Gasteiger partial charge < -0.3 is 14.6 Å². The van der Waals surface area contributed by atoms with Gasteiger partial charge in [0.15, 0.2) is 0 Å². The standard InChI is InChI=1S/C19H31BrO3/c1-2-3-4-5-6-7-8-9-17-10-11-19(18(20)16-17)23-15-14-22-13-12-21/h10-11,16,21H,2-9,12-15H2,1H3. The van der Waals surface area contributed by atoms with Crippen molar-refractivity contribution in [3.05, 3.63) is 28.2 Å². The van der Waals surface area contributed by atoms with Crippen molar-refractivity contribution in [1.29, 1.82) is 0 Å². The average molecular weight is 387 g/mol. The first kappa shape index (κ1) is 20.5. The van der Waals surface area contributed by atoms with E-state index in [2.05, 4.69) is 35.0 Å². The van der Waals surface area contributed by atoms with Crippen molar-refractivity contribution in [1.82, 2.24) is 0 Å². The lowest BCUT2D eigenvalue weighted by atomic mass is 10.0. The Labute approximate surface area is 149 Å². The van der Waals surface area contributed by atoms with Crippen LogP contribution in [-0.4, -0.2) is 31.5 Å². The van der Waals surface area contributed by atoms with Crippen molar-refractivity contribution < 1.29 is 14.6 Å². The van der Waals surface area contributed by atoms with Gasteiger partial charge in [-0.05, 0) is 46.5 Å².